The fourth-order valence-corrected chi connectivity index (χ4v) is 3.16. The number of para-hydroxylation sites is 1. The zero-order chi connectivity index (χ0) is 22.3. The highest BCUT2D eigenvalue weighted by Gasteiger charge is 2.17. The van der Waals surface area contributed by atoms with Crippen molar-refractivity contribution in [1.29, 1.82) is 0 Å². The lowest BCUT2D eigenvalue weighted by Gasteiger charge is -2.09. The van der Waals surface area contributed by atoms with Gasteiger partial charge in [0.05, 0.1) is 6.20 Å². The van der Waals surface area contributed by atoms with Crippen molar-refractivity contribution < 1.29 is 24.2 Å². The molecule has 0 radical (unpaired) electrons. The highest BCUT2D eigenvalue weighted by Crippen LogP contribution is 2.24. The van der Waals surface area contributed by atoms with E-state index < -0.39 is 12.1 Å². The Labute approximate surface area is 185 Å². The molecule has 162 valence electrons. The third-order valence-electron chi connectivity index (χ3n) is 4.91. The maximum atomic E-state index is 11.1. The Balaban J connectivity index is 1.31. The van der Waals surface area contributed by atoms with Crippen LogP contribution in [0.25, 0.3) is 11.5 Å². The lowest BCUT2D eigenvalue weighted by Crippen LogP contribution is -2.01. The summed E-state index contributed by atoms with van der Waals surface area (Å²) >= 11 is 0. The SMILES string of the molecule is O=C(O)c1cccc(-c2cnc(C(O)CCc3ccc(COc4ccccc4)cc3)o2)n1. The Hall–Kier alpha value is -3.97. The number of ether oxygens (including phenoxy) is 1. The number of hydrogen-bond acceptors (Lipinski definition) is 6. The Morgan fingerprint density at radius 3 is 2.47 bits per heavy atom. The summed E-state index contributed by atoms with van der Waals surface area (Å²) in [4.78, 5) is 19.2. The van der Waals surface area contributed by atoms with Crippen LogP contribution in [0, 0.1) is 0 Å². The molecule has 0 aliphatic heterocycles. The minimum atomic E-state index is -1.12. The van der Waals surface area contributed by atoms with E-state index >= 15 is 0 Å². The van der Waals surface area contributed by atoms with Gasteiger partial charge in [-0.2, -0.15) is 0 Å². The molecule has 32 heavy (non-hydrogen) atoms. The van der Waals surface area contributed by atoms with Gasteiger partial charge in [-0.1, -0.05) is 48.5 Å². The van der Waals surface area contributed by atoms with Crippen molar-refractivity contribution in [2.45, 2.75) is 25.6 Å². The Kier molecular flexibility index (Phi) is 6.57. The predicted molar refractivity (Wildman–Crippen MR) is 117 cm³/mol. The van der Waals surface area contributed by atoms with Crippen molar-refractivity contribution in [3.63, 3.8) is 0 Å². The first kappa shape index (κ1) is 21.3. The number of nitrogens with zero attached hydrogens (tertiary/aromatic N) is 2. The molecule has 2 aromatic heterocycles. The number of hydrogen-bond donors (Lipinski definition) is 2. The van der Waals surface area contributed by atoms with Crippen molar-refractivity contribution in [2.75, 3.05) is 0 Å². The van der Waals surface area contributed by atoms with Crippen LogP contribution < -0.4 is 4.74 Å². The van der Waals surface area contributed by atoms with Gasteiger partial charge in [-0.25, -0.2) is 14.8 Å². The molecule has 0 fully saturated rings. The van der Waals surface area contributed by atoms with Crippen LogP contribution in [0.2, 0.25) is 0 Å². The summed E-state index contributed by atoms with van der Waals surface area (Å²) < 4.78 is 11.4. The second-order valence-corrected chi connectivity index (χ2v) is 7.25. The molecular weight excluding hydrogens is 408 g/mol. The van der Waals surface area contributed by atoms with Gasteiger partial charge in [-0.3, -0.25) is 0 Å². The minimum Gasteiger partial charge on any atom is -0.489 e. The molecule has 7 heteroatoms. The molecule has 2 heterocycles. The highest BCUT2D eigenvalue weighted by atomic mass is 16.5. The molecule has 7 nitrogen and oxygen atoms in total. The molecule has 0 aliphatic rings. The maximum absolute atomic E-state index is 11.1. The Morgan fingerprint density at radius 1 is 0.969 bits per heavy atom. The van der Waals surface area contributed by atoms with E-state index in [0.29, 0.717) is 30.9 Å². The molecule has 2 aromatic carbocycles. The van der Waals surface area contributed by atoms with Crippen LogP contribution in [-0.4, -0.2) is 26.2 Å². The van der Waals surface area contributed by atoms with Crippen molar-refractivity contribution in [3.8, 4) is 17.2 Å². The summed E-state index contributed by atoms with van der Waals surface area (Å²) in [6.45, 7) is 0.489. The van der Waals surface area contributed by atoms with Gasteiger partial charge in [0.1, 0.15) is 29.8 Å². The largest absolute Gasteiger partial charge is 0.489 e. The molecule has 0 aliphatic carbocycles. The molecule has 0 amide bonds. The first-order valence-corrected chi connectivity index (χ1v) is 10.2. The van der Waals surface area contributed by atoms with Crippen LogP contribution in [0.15, 0.2) is 83.4 Å². The fourth-order valence-electron chi connectivity index (χ4n) is 3.16. The Bertz CT molecular complexity index is 1170. The van der Waals surface area contributed by atoms with Gasteiger partial charge in [0.15, 0.2) is 5.76 Å². The summed E-state index contributed by atoms with van der Waals surface area (Å²) in [7, 11) is 0. The van der Waals surface area contributed by atoms with Crippen LogP contribution in [0.3, 0.4) is 0 Å². The van der Waals surface area contributed by atoms with Crippen LogP contribution in [0.4, 0.5) is 0 Å². The molecule has 0 saturated heterocycles. The molecule has 2 N–H and O–H groups in total. The number of rotatable bonds is 9. The van der Waals surface area contributed by atoms with Crippen LogP contribution >= 0.6 is 0 Å². The van der Waals surface area contributed by atoms with E-state index in [1.54, 1.807) is 12.1 Å². The van der Waals surface area contributed by atoms with Gasteiger partial charge in [-0.05, 0) is 48.2 Å². The van der Waals surface area contributed by atoms with Crippen LogP contribution in [0.5, 0.6) is 5.75 Å². The summed E-state index contributed by atoms with van der Waals surface area (Å²) in [5, 5.41) is 19.5. The molecule has 4 aromatic rings. The number of aryl methyl sites for hydroxylation is 1. The molecule has 0 bridgehead atoms. The van der Waals surface area contributed by atoms with Crippen LogP contribution in [0.1, 0.15) is 40.0 Å². The summed E-state index contributed by atoms with van der Waals surface area (Å²) in [5.74, 6) is 0.194. The number of oxazole rings is 1. The third kappa shape index (κ3) is 5.39. The minimum absolute atomic E-state index is 0.0846. The van der Waals surface area contributed by atoms with E-state index in [2.05, 4.69) is 9.97 Å². The zero-order valence-corrected chi connectivity index (χ0v) is 17.2. The molecular formula is C25H22N2O5. The maximum Gasteiger partial charge on any atom is 0.354 e. The fraction of sp³-hybridized carbons (Fsp3) is 0.160. The van der Waals surface area contributed by atoms with Gasteiger partial charge >= 0.3 is 5.97 Å². The topological polar surface area (TPSA) is 106 Å². The van der Waals surface area contributed by atoms with Crippen molar-refractivity contribution in [1.82, 2.24) is 9.97 Å². The molecule has 0 saturated carbocycles. The molecule has 1 unspecified atom stereocenters. The molecule has 4 rings (SSSR count). The number of benzene rings is 2. The van der Waals surface area contributed by atoms with E-state index in [4.69, 9.17) is 14.3 Å². The lowest BCUT2D eigenvalue weighted by atomic mass is 10.1. The number of aromatic nitrogens is 2. The van der Waals surface area contributed by atoms with Crippen molar-refractivity contribution in [3.05, 3.63) is 102 Å². The number of aliphatic hydroxyl groups excluding tert-OH is 1. The summed E-state index contributed by atoms with van der Waals surface area (Å²) in [6, 6.07) is 22.3. The molecule has 0 spiro atoms. The van der Waals surface area contributed by atoms with E-state index in [0.717, 1.165) is 16.9 Å². The monoisotopic (exact) mass is 430 g/mol. The van der Waals surface area contributed by atoms with Crippen molar-refractivity contribution >= 4 is 5.97 Å². The van der Waals surface area contributed by atoms with Gasteiger partial charge in [-0.15, -0.1) is 0 Å². The third-order valence-corrected chi connectivity index (χ3v) is 4.91. The van der Waals surface area contributed by atoms with E-state index in [-0.39, 0.29) is 11.6 Å². The zero-order valence-electron chi connectivity index (χ0n) is 17.2. The smallest absolute Gasteiger partial charge is 0.354 e. The number of carboxylic acid groups (broad SMARTS) is 1. The summed E-state index contributed by atoms with van der Waals surface area (Å²) in [6.07, 6.45) is 1.63. The average molecular weight is 430 g/mol. The standard InChI is InChI=1S/C25H22N2O5/c28-22(24-26-15-23(32-24)20-7-4-8-21(27-20)25(29)30)14-13-17-9-11-18(12-10-17)16-31-19-5-2-1-3-6-19/h1-12,15,22,28H,13-14,16H2,(H,29,30). The summed E-state index contributed by atoms with van der Waals surface area (Å²) in [5.41, 5.74) is 2.41. The van der Waals surface area contributed by atoms with Crippen molar-refractivity contribution in [2.24, 2.45) is 0 Å². The number of pyridine rings is 1. The number of carboxylic acids is 1. The van der Waals surface area contributed by atoms with Crippen LogP contribution in [-0.2, 0) is 13.0 Å². The number of carbonyl (C=O) groups is 1. The van der Waals surface area contributed by atoms with E-state index in [9.17, 15) is 9.90 Å². The first-order valence-electron chi connectivity index (χ1n) is 10.2. The van der Waals surface area contributed by atoms with Gasteiger partial charge in [0, 0.05) is 0 Å². The highest BCUT2D eigenvalue weighted by molar-refractivity contribution is 5.85. The number of aromatic carboxylic acids is 1. The Morgan fingerprint density at radius 2 is 1.72 bits per heavy atom. The number of aliphatic hydroxyl groups is 1. The van der Waals surface area contributed by atoms with Gasteiger partial charge in [0.2, 0.25) is 5.89 Å². The average Bonchev–Trinajstić information content (AvgIpc) is 3.33. The quantitative estimate of drug-likeness (QED) is 0.397. The second kappa shape index (κ2) is 9.89. The first-order chi connectivity index (χ1) is 15.6. The van der Waals surface area contributed by atoms with Gasteiger partial charge in [0.25, 0.3) is 0 Å². The second-order valence-electron chi connectivity index (χ2n) is 7.25. The lowest BCUT2D eigenvalue weighted by molar-refractivity contribution is 0.0690. The van der Waals surface area contributed by atoms with Gasteiger partial charge < -0.3 is 19.4 Å². The van der Waals surface area contributed by atoms with E-state index in [1.165, 1.54) is 12.3 Å². The molecule has 1 atom stereocenters. The normalized spacial score (nSPS) is 11.8. The predicted octanol–water partition coefficient (Wildman–Crippen LogP) is 4.68. The van der Waals surface area contributed by atoms with E-state index in [1.807, 2.05) is 54.6 Å².